The summed E-state index contributed by atoms with van der Waals surface area (Å²) in [5, 5.41) is 9.49. The number of hydrogen-bond acceptors (Lipinski definition) is 3. The zero-order valence-corrected chi connectivity index (χ0v) is 9.77. The maximum absolute atomic E-state index is 11.5. The topological polar surface area (TPSA) is 46.5 Å². The van der Waals surface area contributed by atoms with Gasteiger partial charge in [-0.1, -0.05) is 25.1 Å². The summed E-state index contributed by atoms with van der Waals surface area (Å²) in [5.74, 6) is -0.318. The van der Waals surface area contributed by atoms with Crippen LogP contribution in [0.15, 0.2) is 24.3 Å². The van der Waals surface area contributed by atoms with E-state index in [-0.39, 0.29) is 12.1 Å². The molecule has 1 atom stereocenters. The van der Waals surface area contributed by atoms with Crippen LogP contribution in [0.5, 0.6) is 0 Å². The van der Waals surface area contributed by atoms with Gasteiger partial charge in [0.2, 0.25) is 0 Å². The van der Waals surface area contributed by atoms with E-state index >= 15 is 0 Å². The van der Waals surface area contributed by atoms with Gasteiger partial charge in [0.1, 0.15) is 0 Å². The molecule has 0 bridgehead atoms. The molecule has 0 fully saturated rings. The van der Waals surface area contributed by atoms with Crippen molar-refractivity contribution < 1.29 is 14.6 Å². The first-order valence-corrected chi connectivity index (χ1v) is 5.53. The molecule has 0 heterocycles. The smallest absolute Gasteiger partial charge is 0.338 e. The second kappa shape index (κ2) is 6.28. The van der Waals surface area contributed by atoms with E-state index in [0.717, 1.165) is 12.0 Å². The molecule has 3 nitrogen and oxygen atoms in total. The van der Waals surface area contributed by atoms with E-state index in [9.17, 15) is 9.90 Å². The fourth-order valence-electron chi connectivity index (χ4n) is 1.57. The van der Waals surface area contributed by atoms with Crippen LogP contribution in [0.4, 0.5) is 0 Å². The molecule has 16 heavy (non-hydrogen) atoms. The number of esters is 1. The van der Waals surface area contributed by atoms with Gasteiger partial charge in [-0.05, 0) is 30.9 Å². The molecule has 1 aromatic rings. The van der Waals surface area contributed by atoms with Gasteiger partial charge in [0.15, 0.2) is 0 Å². The molecule has 0 aromatic heterocycles. The maximum Gasteiger partial charge on any atom is 0.338 e. The molecule has 1 rings (SSSR count). The lowest BCUT2D eigenvalue weighted by molar-refractivity contribution is 0.0599. The number of aliphatic hydroxyl groups excluding tert-OH is 1. The molecule has 0 aliphatic heterocycles. The van der Waals surface area contributed by atoms with E-state index in [4.69, 9.17) is 4.74 Å². The van der Waals surface area contributed by atoms with Gasteiger partial charge in [-0.3, -0.25) is 0 Å². The van der Waals surface area contributed by atoms with Gasteiger partial charge in [0.05, 0.1) is 18.8 Å². The van der Waals surface area contributed by atoms with Crippen LogP contribution in [-0.2, 0) is 11.2 Å². The summed E-state index contributed by atoms with van der Waals surface area (Å²) in [7, 11) is 1.38. The normalized spacial score (nSPS) is 12.2. The molecule has 1 unspecified atom stereocenters. The molecular weight excluding hydrogens is 204 g/mol. The SMILES string of the molecule is CCC(O)CCc1ccccc1C(=O)OC. The Labute approximate surface area is 96.1 Å². The van der Waals surface area contributed by atoms with Crippen LogP contribution < -0.4 is 0 Å². The number of carbonyl (C=O) groups excluding carboxylic acids is 1. The van der Waals surface area contributed by atoms with Crippen molar-refractivity contribution in [2.24, 2.45) is 0 Å². The van der Waals surface area contributed by atoms with Gasteiger partial charge in [-0.15, -0.1) is 0 Å². The number of aryl methyl sites for hydroxylation is 1. The Kier molecular flexibility index (Phi) is 4.99. The number of aliphatic hydroxyl groups is 1. The number of hydrogen-bond donors (Lipinski definition) is 1. The quantitative estimate of drug-likeness (QED) is 0.777. The summed E-state index contributed by atoms with van der Waals surface area (Å²) in [5.41, 5.74) is 1.52. The number of benzene rings is 1. The molecule has 0 aliphatic rings. The molecule has 88 valence electrons. The summed E-state index contributed by atoms with van der Waals surface area (Å²) >= 11 is 0. The maximum atomic E-state index is 11.5. The van der Waals surface area contributed by atoms with Crippen LogP contribution in [-0.4, -0.2) is 24.3 Å². The number of carbonyl (C=O) groups is 1. The van der Waals surface area contributed by atoms with Crippen molar-refractivity contribution in [1.82, 2.24) is 0 Å². The molecule has 0 saturated heterocycles. The van der Waals surface area contributed by atoms with Crippen LogP contribution in [0.2, 0.25) is 0 Å². The van der Waals surface area contributed by atoms with Gasteiger partial charge in [-0.2, -0.15) is 0 Å². The van der Waals surface area contributed by atoms with Crippen molar-refractivity contribution in [3.05, 3.63) is 35.4 Å². The van der Waals surface area contributed by atoms with Crippen molar-refractivity contribution in [3.8, 4) is 0 Å². The Hall–Kier alpha value is -1.35. The fourth-order valence-corrected chi connectivity index (χ4v) is 1.57. The van der Waals surface area contributed by atoms with Gasteiger partial charge in [0.25, 0.3) is 0 Å². The van der Waals surface area contributed by atoms with Crippen molar-refractivity contribution in [1.29, 1.82) is 0 Å². The van der Waals surface area contributed by atoms with Gasteiger partial charge >= 0.3 is 5.97 Å². The van der Waals surface area contributed by atoms with Gasteiger partial charge in [-0.25, -0.2) is 4.79 Å². The lowest BCUT2D eigenvalue weighted by Gasteiger charge is -2.10. The first kappa shape index (κ1) is 12.7. The highest BCUT2D eigenvalue weighted by atomic mass is 16.5. The zero-order valence-electron chi connectivity index (χ0n) is 9.77. The minimum absolute atomic E-state index is 0.300. The second-order valence-corrected chi connectivity index (χ2v) is 3.75. The summed E-state index contributed by atoms with van der Waals surface area (Å²) < 4.78 is 4.71. The van der Waals surface area contributed by atoms with Crippen LogP contribution in [0, 0.1) is 0 Å². The van der Waals surface area contributed by atoms with Crippen LogP contribution in [0.1, 0.15) is 35.7 Å². The Morgan fingerprint density at radius 1 is 1.44 bits per heavy atom. The molecule has 0 saturated carbocycles. The molecule has 1 aromatic carbocycles. The largest absolute Gasteiger partial charge is 0.465 e. The summed E-state index contributed by atoms with van der Waals surface area (Å²) in [4.78, 5) is 11.5. The molecule has 0 amide bonds. The molecule has 3 heteroatoms. The molecule has 0 aliphatic carbocycles. The molecular formula is C13H18O3. The lowest BCUT2D eigenvalue weighted by Crippen LogP contribution is -2.09. The van der Waals surface area contributed by atoms with Crippen LogP contribution in [0.25, 0.3) is 0 Å². The Morgan fingerprint density at radius 2 is 2.12 bits per heavy atom. The Bertz CT molecular complexity index is 347. The third-order valence-corrected chi connectivity index (χ3v) is 2.64. The third kappa shape index (κ3) is 3.35. The molecule has 0 radical (unpaired) electrons. The lowest BCUT2D eigenvalue weighted by atomic mass is 10.0. The first-order chi connectivity index (χ1) is 7.69. The van der Waals surface area contributed by atoms with Crippen LogP contribution >= 0.6 is 0 Å². The minimum atomic E-state index is -0.318. The number of methoxy groups -OCH3 is 1. The van der Waals surface area contributed by atoms with E-state index in [0.29, 0.717) is 18.4 Å². The molecule has 1 N–H and O–H groups in total. The van der Waals surface area contributed by atoms with Crippen LogP contribution in [0.3, 0.4) is 0 Å². The first-order valence-electron chi connectivity index (χ1n) is 5.53. The van der Waals surface area contributed by atoms with Crippen molar-refractivity contribution in [3.63, 3.8) is 0 Å². The van der Waals surface area contributed by atoms with Gasteiger partial charge in [0, 0.05) is 0 Å². The standard InChI is InChI=1S/C13H18O3/c1-3-11(14)9-8-10-6-4-5-7-12(10)13(15)16-2/h4-7,11,14H,3,8-9H2,1-2H3. The Balaban J connectivity index is 2.75. The second-order valence-electron chi connectivity index (χ2n) is 3.75. The van der Waals surface area contributed by atoms with E-state index in [1.54, 1.807) is 6.07 Å². The van der Waals surface area contributed by atoms with Crippen molar-refractivity contribution in [2.75, 3.05) is 7.11 Å². The molecule has 0 spiro atoms. The fraction of sp³-hybridized carbons (Fsp3) is 0.462. The Morgan fingerprint density at radius 3 is 2.75 bits per heavy atom. The predicted molar refractivity (Wildman–Crippen MR) is 62.4 cm³/mol. The third-order valence-electron chi connectivity index (χ3n) is 2.64. The minimum Gasteiger partial charge on any atom is -0.465 e. The van der Waals surface area contributed by atoms with Gasteiger partial charge < -0.3 is 9.84 Å². The highest BCUT2D eigenvalue weighted by Gasteiger charge is 2.11. The number of ether oxygens (including phenoxy) is 1. The average Bonchev–Trinajstić information content (AvgIpc) is 2.35. The monoisotopic (exact) mass is 222 g/mol. The van der Waals surface area contributed by atoms with E-state index in [1.807, 2.05) is 25.1 Å². The van der Waals surface area contributed by atoms with E-state index < -0.39 is 0 Å². The highest BCUT2D eigenvalue weighted by molar-refractivity contribution is 5.90. The van der Waals surface area contributed by atoms with Crippen molar-refractivity contribution >= 4 is 5.97 Å². The number of rotatable bonds is 5. The summed E-state index contributed by atoms with van der Waals surface area (Å²) in [6, 6.07) is 7.35. The van der Waals surface area contributed by atoms with E-state index in [2.05, 4.69) is 0 Å². The highest BCUT2D eigenvalue weighted by Crippen LogP contribution is 2.14. The average molecular weight is 222 g/mol. The summed E-state index contributed by atoms with van der Waals surface area (Å²) in [6.07, 6.45) is 1.80. The van der Waals surface area contributed by atoms with E-state index in [1.165, 1.54) is 7.11 Å². The summed E-state index contributed by atoms with van der Waals surface area (Å²) in [6.45, 7) is 1.94. The zero-order chi connectivity index (χ0) is 12.0. The predicted octanol–water partition coefficient (Wildman–Crippen LogP) is 2.18. The van der Waals surface area contributed by atoms with Crippen molar-refractivity contribution in [2.45, 2.75) is 32.3 Å².